The van der Waals surface area contributed by atoms with Gasteiger partial charge in [0.15, 0.2) is 0 Å². The summed E-state index contributed by atoms with van der Waals surface area (Å²) < 4.78 is 12.4. The molecule has 10 heavy (non-hydrogen) atoms. The second-order valence-corrected chi connectivity index (χ2v) is 2.62. The van der Waals surface area contributed by atoms with E-state index in [1.54, 1.807) is 0 Å². The maximum absolute atomic E-state index is 12.4. The van der Waals surface area contributed by atoms with Gasteiger partial charge in [0.25, 0.3) is 0 Å². The van der Waals surface area contributed by atoms with Gasteiger partial charge in [-0.05, 0) is 19.3 Å². The molecule has 0 saturated heterocycles. The molecule has 4 heteroatoms. The van der Waals surface area contributed by atoms with E-state index in [1.807, 2.05) is 0 Å². The first-order chi connectivity index (χ1) is 4.68. The molecule has 2 amide bonds. The zero-order valence-electron chi connectivity index (χ0n) is 5.64. The highest BCUT2D eigenvalue weighted by Crippen LogP contribution is 2.21. The van der Waals surface area contributed by atoms with Crippen LogP contribution in [-0.2, 0) is 0 Å². The molecule has 0 spiro atoms. The van der Waals surface area contributed by atoms with E-state index >= 15 is 0 Å². The van der Waals surface area contributed by atoms with Crippen LogP contribution in [0, 0.1) is 0 Å². The summed E-state index contributed by atoms with van der Waals surface area (Å²) in [6.07, 6.45) is 0.926. The predicted octanol–water partition coefficient (Wildman–Crippen LogP) is 0.545. The first-order valence-electron chi connectivity index (χ1n) is 3.38. The number of rotatable bonds is 1. The van der Waals surface area contributed by atoms with Crippen LogP contribution in [0.15, 0.2) is 0 Å². The normalized spacial score (nSPS) is 32.1. The Morgan fingerprint density at radius 3 is 2.70 bits per heavy atom. The van der Waals surface area contributed by atoms with Gasteiger partial charge in [-0.3, -0.25) is 0 Å². The van der Waals surface area contributed by atoms with Crippen molar-refractivity contribution in [2.24, 2.45) is 5.73 Å². The average molecular weight is 146 g/mol. The van der Waals surface area contributed by atoms with Crippen LogP contribution in [0.1, 0.15) is 19.3 Å². The topological polar surface area (TPSA) is 55.1 Å². The fourth-order valence-electron chi connectivity index (χ4n) is 1.26. The van der Waals surface area contributed by atoms with Crippen LogP contribution >= 0.6 is 0 Å². The fourth-order valence-corrected chi connectivity index (χ4v) is 1.26. The molecule has 0 aromatic heterocycles. The van der Waals surface area contributed by atoms with Gasteiger partial charge >= 0.3 is 6.03 Å². The summed E-state index contributed by atoms with van der Waals surface area (Å²) in [6.45, 7) is 0. The van der Waals surface area contributed by atoms with E-state index in [0.717, 1.165) is 0 Å². The van der Waals surface area contributed by atoms with Gasteiger partial charge < -0.3 is 11.1 Å². The molecule has 2 unspecified atom stereocenters. The maximum atomic E-state index is 12.4. The molecule has 0 bridgehead atoms. The van der Waals surface area contributed by atoms with E-state index in [9.17, 15) is 9.18 Å². The molecule has 1 aliphatic carbocycles. The van der Waals surface area contributed by atoms with Crippen molar-refractivity contribution >= 4 is 6.03 Å². The Balaban J connectivity index is 2.24. The summed E-state index contributed by atoms with van der Waals surface area (Å²) in [6, 6.07) is -0.591. The Hall–Kier alpha value is -0.800. The average Bonchev–Trinajstić information content (AvgIpc) is 2.13. The first-order valence-corrected chi connectivity index (χ1v) is 3.38. The van der Waals surface area contributed by atoms with E-state index in [1.165, 1.54) is 0 Å². The Morgan fingerprint density at radius 1 is 1.60 bits per heavy atom. The van der Waals surface area contributed by atoms with Crippen molar-refractivity contribution in [3.8, 4) is 0 Å². The van der Waals surface area contributed by atoms with Crippen LogP contribution in [0.5, 0.6) is 0 Å². The third kappa shape index (κ3) is 1.86. The number of nitrogens with one attached hydrogen (secondary N) is 1. The lowest BCUT2D eigenvalue weighted by molar-refractivity contribution is 0.244. The quantitative estimate of drug-likeness (QED) is 0.557. The molecule has 0 aromatic rings. The first kappa shape index (κ1) is 7.31. The molecule has 1 aliphatic rings. The number of hydrogen-bond acceptors (Lipinski definition) is 1. The highest BCUT2D eigenvalue weighted by molar-refractivity contribution is 5.71. The lowest BCUT2D eigenvalue weighted by Gasteiger charge is -2.07. The molecule has 0 radical (unpaired) electrons. The lowest BCUT2D eigenvalue weighted by atomic mass is 10.2. The standard InChI is InChI=1S/C6H11FN2O/c7-4-1-2-5(3-4)9-6(8)10/h4-5H,1-3H2,(H3,8,9,10). The van der Waals surface area contributed by atoms with Gasteiger partial charge in [0.2, 0.25) is 0 Å². The minimum Gasteiger partial charge on any atom is -0.352 e. The van der Waals surface area contributed by atoms with Gasteiger partial charge in [0.05, 0.1) is 0 Å². The number of nitrogens with two attached hydrogens (primary N) is 1. The van der Waals surface area contributed by atoms with Crippen LogP contribution in [-0.4, -0.2) is 18.2 Å². The number of alkyl halides is 1. The number of carbonyl (C=O) groups excluding carboxylic acids is 1. The summed E-state index contributed by atoms with van der Waals surface area (Å²) in [5.74, 6) is 0. The number of carbonyl (C=O) groups is 1. The lowest BCUT2D eigenvalue weighted by Crippen LogP contribution is -2.37. The second kappa shape index (κ2) is 2.86. The van der Waals surface area contributed by atoms with Crippen LogP contribution in [0.3, 0.4) is 0 Å². The molecule has 3 nitrogen and oxygen atoms in total. The summed E-state index contributed by atoms with van der Waals surface area (Å²) in [5.41, 5.74) is 4.85. The van der Waals surface area contributed by atoms with Gasteiger partial charge in [0.1, 0.15) is 6.17 Å². The van der Waals surface area contributed by atoms with Crippen molar-refractivity contribution < 1.29 is 9.18 Å². The van der Waals surface area contributed by atoms with E-state index in [-0.39, 0.29) is 6.04 Å². The molecule has 1 fully saturated rings. The Labute approximate surface area is 58.8 Å². The van der Waals surface area contributed by atoms with Crippen LogP contribution in [0.2, 0.25) is 0 Å². The highest BCUT2D eigenvalue weighted by Gasteiger charge is 2.24. The molecule has 2 atom stereocenters. The molecule has 3 N–H and O–H groups in total. The Morgan fingerprint density at radius 2 is 2.30 bits per heavy atom. The highest BCUT2D eigenvalue weighted by atomic mass is 19.1. The van der Waals surface area contributed by atoms with Gasteiger partial charge in [-0.15, -0.1) is 0 Å². The number of urea groups is 1. The molecular weight excluding hydrogens is 135 g/mol. The molecule has 1 rings (SSSR count). The Kier molecular flexibility index (Phi) is 2.09. The molecule has 58 valence electrons. The monoisotopic (exact) mass is 146 g/mol. The van der Waals surface area contributed by atoms with Crippen molar-refractivity contribution in [2.45, 2.75) is 31.5 Å². The minimum atomic E-state index is -0.753. The van der Waals surface area contributed by atoms with E-state index < -0.39 is 12.2 Å². The molecular formula is C6H11FN2O. The van der Waals surface area contributed by atoms with Crippen molar-refractivity contribution in [1.29, 1.82) is 0 Å². The van der Waals surface area contributed by atoms with Gasteiger partial charge in [-0.1, -0.05) is 0 Å². The SMILES string of the molecule is NC(=O)NC1CCC(F)C1. The van der Waals surface area contributed by atoms with Gasteiger partial charge in [-0.2, -0.15) is 0 Å². The van der Waals surface area contributed by atoms with Crippen molar-refractivity contribution in [1.82, 2.24) is 5.32 Å². The smallest absolute Gasteiger partial charge is 0.312 e. The molecule has 0 aromatic carbocycles. The Bertz CT molecular complexity index is 140. The molecule has 0 heterocycles. The fraction of sp³-hybridized carbons (Fsp3) is 0.833. The second-order valence-electron chi connectivity index (χ2n) is 2.62. The largest absolute Gasteiger partial charge is 0.352 e. The third-order valence-corrected chi connectivity index (χ3v) is 1.72. The summed E-state index contributed by atoms with van der Waals surface area (Å²) in [4.78, 5) is 10.3. The van der Waals surface area contributed by atoms with Gasteiger partial charge in [-0.25, -0.2) is 9.18 Å². The van der Waals surface area contributed by atoms with E-state index in [2.05, 4.69) is 5.32 Å². The summed E-state index contributed by atoms with van der Waals surface area (Å²) in [5, 5.41) is 2.47. The number of amides is 2. The van der Waals surface area contributed by atoms with Crippen LogP contribution in [0.25, 0.3) is 0 Å². The molecule has 1 saturated carbocycles. The van der Waals surface area contributed by atoms with E-state index in [4.69, 9.17) is 5.73 Å². The number of hydrogen-bond donors (Lipinski definition) is 2. The van der Waals surface area contributed by atoms with Crippen LogP contribution in [0.4, 0.5) is 9.18 Å². The van der Waals surface area contributed by atoms with Crippen molar-refractivity contribution in [2.75, 3.05) is 0 Å². The van der Waals surface area contributed by atoms with Gasteiger partial charge in [0, 0.05) is 6.04 Å². The van der Waals surface area contributed by atoms with Crippen molar-refractivity contribution in [3.63, 3.8) is 0 Å². The predicted molar refractivity (Wildman–Crippen MR) is 35.3 cm³/mol. The number of halogens is 1. The van der Waals surface area contributed by atoms with E-state index in [0.29, 0.717) is 19.3 Å². The summed E-state index contributed by atoms with van der Waals surface area (Å²) in [7, 11) is 0. The number of primary amides is 1. The zero-order chi connectivity index (χ0) is 7.56. The minimum absolute atomic E-state index is 0.0347. The zero-order valence-corrected chi connectivity index (χ0v) is 5.64. The maximum Gasteiger partial charge on any atom is 0.312 e. The van der Waals surface area contributed by atoms with Crippen molar-refractivity contribution in [3.05, 3.63) is 0 Å². The van der Waals surface area contributed by atoms with Crippen LogP contribution < -0.4 is 11.1 Å². The molecule has 0 aliphatic heterocycles. The summed E-state index contributed by atoms with van der Waals surface area (Å²) >= 11 is 0. The third-order valence-electron chi connectivity index (χ3n) is 1.72.